The monoisotopic (exact) mass is 325 g/mol. The highest BCUT2D eigenvalue weighted by Crippen LogP contribution is 2.43. The van der Waals surface area contributed by atoms with Crippen molar-refractivity contribution in [3.8, 4) is 0 Å². The molecule has 1 amide bonds. The van der Waals surface area contributed by atoms with Crippen molar-refractivity contribution in [2.45, 2.75) is 23.8 Å². The zero-order valence-electron chi connectivity index (χ0n) is 11.7. The minimum atomic E-state index is -0.837. The van der Waals surface area contributed by atoms with Gasteiger partial charge in [0.05, 0.1) is 4.58 Å². The average molecular weight is 325 g/mol. The molecule has 2 rings (SSSR count). The van der Waals surface area contributed by atoms with Crippen LogP contribution in [0.2, 0.25) is 0 Å². The normalized spacial score (nSPS) is 15.6. The second kappa shape index (κ2) is 8.34. The van der Waals surface area contributed by atoms with Gasteiger partial charge in [0.2, 0.25) is 0 Å². The van der Waals surface area contributed by atoms with Gasteiger partial charge >= 0.3 is 5.97 Å². The van der Waals surface area contributed by atoms with Crippen LogP contribution in [0.15, 0.2) is 24.3 Å². The third-order valence-corrected chi connectivity index (χ3v) is 6.14. The first-order chi connectivity index (χ1) is 10.2. The number of hydrogen-bond acceptors (Lipinski definition) is 4. The first-order valence-electron chi connectivity index (χ1n) is 7.00. The summed E-state index contributed by atoms with van der Waals surface area (Å²) in [4.78, 5) is 22.3. The highest BCUT2D eigenvalue weighted by atomic mass is 32.2. The molecule has 1 fully saturated rings. The maximum atomic E-state index is 11.9. The van der Waals surface area contributed by atoms with Crippen molar-refractivity contribution in [3.05, 3.63) is 35.4 Å². The van der Waals surface area contributed by atoms with Crippen LogP contribution in [-0.2, 0) is 4.79 Å². The lowest BCUT2D eigenvalue weighted by Gasteiger charge is -2.21. The molecule has 1 aliphatic rings. The third-order valence-electron chi connectivity index (χ3n) is 3.13. The van der Waals surface area contributed by atoms with Crippen molar-refractivity contribution >= 4 is 35.4 Å². The molecule has 21 heavy (non-hydrogen) atoms. The Balaban J connectivity index is 1.83. The Kier molecular flexibility index (Phi) is 6.45. The number of nitrogens with one attached hydrogen (secondary N) is 1. The maximum absolute atomic E-state index is 11.9. The lowest BCUT2D eigenvalue weighted by atomic mass is 10.1. The Morgan fingerprint density at radius 1 is 1.19 bits per heavy atom. The van der Waals surface area contributed by atoms with Gasteiger partial charge in [0, 0.05) is 18.5 Å². The number of aliphatic carboxylic acids is 1. The van der Waals surface area contributed by atoms with Gasteiger partial charge in [-0.25, -0.2) is 0 Å². The van der Waals surface area contributed by atoms with E-state index in [1.54, 1.807) is 0 Å². The summed E-state index contributed by atoms with van der Waals surface area (Å²) in [5.41, 5.74) is 1.88. The molecule has 0 aromatic heterocycles. The van der Waals surface area contributed by atoms with E-state index in [2.05, 4.69) is 5.32 Å². The van der Waals surface area contributed by atoms with Crippen LogP contribution in [-0.4, -0.2) is 35.0 Å². The van der Waals surface area contributed by atoms with Crippen LogP contribution >= 0.6 is 23.5 Å². The first-order valence-corrected chi connectivity index (χ1v) is 9.10. The Morgan fingerprint density at radius 3 is 2.48 bits per heavy atom. The molecular formula is C15H19NO3S2. The van der Waals surface area contributed by atoms with Gasteiger partial charge in [-0.3, -0.25) is 9.59 Å². The van der Waals surface area contributed by atoms with Gasteiger partial charge in [0.15, 0.2) is 0 Å². The van der Waals surface area contributed by atoms with E-state index < -0.39 is 5.97 Å². The molecule has 1 saturated heterocycles. The molecule has 0 bridgehead atoms. The zero-order chi connectivity index (χ0) is 15.1. The smallest absolute Gasteiger partial charge is 0.303 e. The number of hydrogen-bond donors (Lipinski definition) is 2. The Hall–Kier alpha value is -1.14. The fourth-order valence-corrected chi connectivity index (χ4v) is 4.91. The molecule has 4 nitrogen and oxygen atoms in total. The number of amides is 1. The van der Waals surface area contributed by atoms with Crippen LogP contribution in [0.5, 0.6) is 0 Å². The van der Waals surface area contributed by atoms with E-state index in [0.29, 0.717) is 23.1 Å². The summed E-state index contributed by atoms with van der Waals surface area (Å²) in [6.45, 7) is 0.390. The predicted octanol–water partition coefficient (Wildman–Crippen LogP) is 3.15. The van der Waals surface area contributed by atoms with Crippen LogP contribution < -0.4 is 5.32 Å². The fraction of sp³-hybridized carbons (Fsp3) is 0.467. The minimum absolute atomic E-state index is 0.0787. The lowest BCUT2D eigenvalue weighted by molar-refractivity contribution is -0.137. The summed E-state index contributed by atoms with van der Waals surface area (Å²) >= 11 is 3.91. The average Bonchev–Trinajstić information content (AvgIpc) is 2.52. The fourth-order valence-electron chi connectivity index (χ4n) is 2.02. The molecule has 1 aromatic carbocycles. The minimum Gasteiger partial charge on any atom is -0.481 e. The van der Waals surface area contributed by atoms with Gasteiger partial charge in [-0.05, 0) is 42.0 Å². The second-order valence-corrected chi connectivity index (χ2v) is 7.53. The maximum Gasteiger partial charge on any atom is 0.303 e. The van der Waals surface area contributed by atoms with E-state index in [9.17, 15) is 9.59 Å². The number of carboxylic acids is 1. The molecule has 1 aromatic rings. The zero-order valence-corrected chi connectivity index (χ0v) is 13.3. The largest absolute Gasteiger partial charge is 0.481 e. The van der Waals surface area contributed by atoms with E-state index in [1.807, 2.05) is 47.8 Å². The molecule has 0 aliphatic carbocycles. The number of carboxylic acid groups (broad SMARTS) is 1. The van der Waals surface area contributed by atoms with Gasteiger partial charge in [0.1, 0.15) is 0 Å². The summed E-state index contributed by atoms with van der Waals surface area (Å²) in [6, 6.07) is 7.72. The third kappa shape index (κ3) is 5.28. The van der Waals surface area contributed by atoms with Crippen molar-refractivity contribution < 1.29 is 14.7 Å². The lowest BCUT2D eigenvalue weighted by Crippen LogP contribution is -2.24. The topological polar surface area (TPSA) is 66.4 Å². The summed E-state index contributed by atoms with van der Waals surface area (Å²) in [5.74, 6) is 1.42. The first kappa shape index (κ1) is 16.2. The molecule has 0 atom stereocenters. The van der Waals surface area contributed by atoms with Crippen LogP contribution in [0.4, 0.5) is 0 Å². The number of thioether (sulfide) groups is 2. The predicted molar refractivity (Wildman–Crippen MR) is 87.9 cm³/mol. The molecular weight excluding hydrogens is 306 g/mol. The molecule has 0 unspecified atom stereocenters. The standard InChI is InChI=1S/C15H19NO3S2/c17-13(18)3-1-8-16-14(19)11-4-6-12(7-5-11)15-20-9-2-10-21-15/h4-7,15H,1-3,8-10H2,(H,16,19)(H,17,18). The molecule has 0 spiro atoms. The highest BCUT2D eigenvalue weighted by Gasteiger charge is 2.16. The molecule has 0 saturated carbocycles. The van der Waals surface area contributed by atoms with E-state index in [0.717, 1.165) is 0 Å². The second-order valence-electron chi connectivity index (χ2n) is 4.80. The van der Waals surface area contributed by atoms with Crippen LogP contribution in [0, 0.1) is 0 Å². The number of carbonyl (C=O) groups is 2. The highest BCUT2D eigenvalue weighted by molar-refractivity contribution is 8.16. The van der Waals surface area contributed by atoms with Crippen molar-refractivity contribution in [3.63, 3.8) is 0 Å². The van der Waals surface area contributed by atoms with E-state index >= 15 is 0 Å². The quantitative estimate of drug-likeness (QED) is 0.787. The van der Waals surface area contributed by atoms with Gasteiger partial charge in [-0.2, -0.15) is 0 Å². The Morgan fingerprint density at radius 2 is 1.86 bits per heavy atom. The van der Waals surface area contributed by atoms with Crippen LogP contribution in [0.25, 0.3) is 0 Å². The summed E-state index contributed by atoms with van der Waals surface area (Å²) in [6.07, 6.45) is 1.80. The van der Waals surface area contributed by atoms with E-state index in [-0.39, 0.29) is 12.3 Å². The molecule has 114 valence electrons. The molecule has 6 heteroatoms. The van der Waals surface area contributed by atoms with Gasteiger partial charge in [-0.15, -0.1) is 23.5 Å². The molecule has 1 aliphatic heterocycles. The van der Waals surface area contributed by atoms with Crippen LogP contribution in [0.3, 0.4) is 0 Å². The van der Waals surface area contributed by atoms with Crippen molar-refractivity contribution in [1.29, 1.82) is 0 Å². The summed E-state index contributed by atoms with van der Waals surface area (Å²) in [7, 11) is 0. The number of benzene rings is 1. The van der Waals surface area contributed by atoms with Crippen molar-refractivity contribution in [2.75, 3.05) is 18.1 Å². The van der Waals surface area contributed by atoms with Gasteiger partial charge in [0.25, 0.3) is 5.91 Å². The SMILES string of the molecule is O=C(O)CCCNC(=O)c1ccc(C2SCCCS2)cc1. The van der Waals surface area contributed by atoms with Gasteiger partial charge in [-0.1, -0.05) is 12.1 Å². The summed E-state index contributed by atoms with van der Waals surface area (Å²) < 4.78 is 0.478. The van der Waals surface area contributed by atoms with E-state index in [4.69, 9.17) is 5.11 Å². The van der Waals surface area contributed by atoms with Crippen molar-refractivity contribution in [1.82, 2.24) is 5.32 Å². The molecule has 1 heterocycles. The summed E-state index contributed by atoms with van der Waals surface area (Å²) in [5, 5.41) is 11.3. The van der Waals surface area contributed by atoms with Crippen LogP contribution in [0.1, 0.15) is 39.8 Å². The Labute approximate surface area is 133 Å². The number of carbonyl (C=O) groups excluding carboxylic acids is 1. The molecule has 0 radical (unpaired) electrons. The Bertz CT molecular complexity index is 484. The van der Waals surface area contributed by atoms with E-state index in [1.165, 1.54) is 23.5 Å². The van der Waals surface area contributed by atoms with Gasteiger partial charge < -0.3 is 10.4 Å². The molecule has 2 N–H and O–H groups in total. The number of rotatable bonds is 6. The van der Waals surface area contributed by atoms with Crippen molar-refractivity contribution in [2.24, 2.45) is 0 Å².